The van der Waals surface area contributed by atoms with Crippen LogP contribution in [0.2, 0.25) is 12.6 Å². The van der Waals surface area contributed by atoms with Gasteiger partial charge in [0.15, 0.2) is 0 Å². The van der Waals surface area contributed by atoms with Gasteiger partial charge < -0.3 is 4.23 Å². The molecule has 0 saturated carbocycles. The van der Waals surface area contributed by atoms with Crippen LogP contribution in [0.5, 0.6) is 0 Å². The van der Waals surface area contributed by atoms with E-state index in [9.17, 15) is 0 Å². The van der Waals surface area contributed by atoms with Gasteiger partial charge in [0.25, 0.3) is 0 Å². The number of hydrogen-bond donors (Lipinski definition) is 0. The molecule has 0 rings (SSSR count). The Balaban J connectivity index is 3.61. The van der Waals surface area contributed by atoms with E-state index < -0.39 is 0 Å². The molecule has 13 heavy (non-hydrogen) atoms. The monoisotopic (exact) mass is 217 g/mol. The molecule has 0 aromatic heterocycles. The molecule has 0 aliphatic heterocycles. The Morgan fingerprint density at radius 3 is 2.15 bits per heavy atom. The summed E-state index contributed by atoms with van der Waals surface area (Å²) in [4.78, 5) is 0. The van der Waals surface area contributed by atoms with Crippen LogP contribution in [-0.4, -0.2) is 29.1 Å². The minimum absolute atomic E-state index is 0.0846. The van der Waals surface area contributed by atoms with Crippen molar-refractivity contribution in [2.75, 3.05) is 0 Å². The normalized spacial score (nSPS) is 14.3. The minimum atomic E-state index is 0.0846. The zero-order valence-corrected chi connectivity index (χ0v) is 13.0. The highest BCUT2D eigenvalue weighted by atomic mass is 28.3. The van der Waals surface area contributed by atoms with Crippen LogP contribution in [0.4, 0.5) is 0 Å². The van der Waals surface area contributed by atoms with Gasteiger partial charge in [-0.3, -0.25) is 0 Å². The van der Waals surface area contributed by atoms with Crippen molar-refractivity contribution in [1.82, 2.24) is 4.23 Å². The zero-order valence-electron chi connectivity index (χ0n) is 10.2. The second-order valence-corrected chi connectivity index (χ2v) is 9.02. The highest BCUT2D eigenvalue weighted by Crippen LogP contribution is 2.12. The molecule has 0 unspecified atom stereocenters. The third-order valence-corrected chi connectivity index (χ3v) is 8.92. The second kappa shape index (κ2) is 6.79. The van der Waals surface area contributed by atoms with Crippen molar-refractivity contribution in [1.29, 1.82) is 0 Å². The summed E-state index contributed by atoms with van der Waals surface area (Å²) in [5.41, 5.74) is 0.472. The Bertz CT molecular complexity index is 121. The van der Waals surface area contributed by atoms with E-state index in [0.29, 0.717) is 5.54 Å². The quantitative estimate of drug-likeness (QED) is 0.485. The Hall–Kier alpha value is 0.394. The van der Waals surface area contributed by atoms with Crippen LogP contribution >= 0.6 is 0 Å². The molecule has 3 heteroatoms. The SMILES string of the molecule is CCCCC[SiH2]N([SiH2]C)C(C)(C)C. The predicted octanol–water partition coefficient (Wildman–Crippen LogP) is 1.91. The van der Waals surface area contributed by atoms with Gasteiger partial charge in [-0.25, -0.2) is 0 Å². The Morgan fingerprint density at radius 1 is 1.15 bits per heavy atom. The van der Waals surface area contributed by atoms with Gasteiger partial charge >= 0.3 is 0 Å². The molecule has 0 bridgehead atoms. The summed E-state index contributed by atoms with van der Waals surface area (Å²) in [6, 6.07) is 1.53. The van der Waals surface area contributed by atoms with Crippen molar-refractivity contribution in [3.8, 4) is 0 Å². The molecule has 0 aromatic rings. The van der Waals surface area contributed by atoms with E-state index >= 15 is 0 Å². The third kappa shape index (κ3) is 6.46. The molecule has 0 heterocycles. The molecule has 0 radical (unpaired) electrons. The lowest BCUT2D eigenvalue weighted by molar-refractivity contribution is 0.375. The van der Waals surface area contributed by atoms with Gasteiger partial charge in [0.05, 0.1) is 19.4 Å². The fourth-order valence-electron chi connectivity index (χ4n) is 1.70. The molecule has 0 fully saturated rings. The summed E-state index contributed by atoms with van der Waals surface area (Å²) < 4.78 is 2.84. The summed E-state index contributed by atoms with van der Waals surface area (Å²) in [5.74, 6) is 0. The summed E-state index contributed by atoms with van der Waals surface area (Å²) in [7, 11) is 0.180. The predicted molar refractivity (Wildman–Crippen MR) is 68.9 cm³/mol. The number of unbranched alkanes of at least 4 members (excludes halogenated alkanes) is 2. The van der Waals surface area contributed by atoms with E-state index in [2.05, 4.69) is 38.5 Å². The van der Waals surface area contributed by atoms with Crippen LogP contribution in [0.1, 0.15) is 47.0 Å². The fourth-order valence-corrected chi connectivity index (χ4v) is 6.21. The lowest BCUT2D eigenvalue weighted by atomic mass is 10.1. The molecule has 0 spiro atoms. The molecular weight excluding hydrogens is 190 g/mol. The molecule has 0 saturated heterocycles. The van der Waals surface area contributed by atoms with Crippen molar-refractivity contribution in [3.63, 3.8) is 0 Å². The van der Waals surface area contributed by atoms with Gasteiger partial charge in [-0.15, -0.1) is 0 Å². The summed E-state index contributed by atoms with van der Waals surface area (Å²) in [6.45, 7) is 11.8. The van der Waals surface area contributed by atoms with Crippen molar-refractivity contribution in [2.45, 2.75) is 65.1 Å². The highest BCUT2D eigenvalue weighted by Gasteiger charge is 2.18. The average Bonchev–Trinajstić information content (AvgIpc) is 2.02. The Kier molecular flexibility index (Phi) is 7.00. The van der Waals surface area contributed by atoms with Gasteiger partial charge in [-0.05, 0) is 26.3 Å². The van der Waals surface area contributed by atoms with Gasteiger partial charge in [0, 0.05) is 0 Å². The first-order valence-electron chi connectivity index (χ1n) is 5.77. The van der Waals surface area contributed by atoms with Gasteiger partial charge in [0.1, 0.15) is 0 Å². The molecule has 0 amide bonds. The molecular formula is C10H27NSi2. The lowest BCUT2D eigenvalue weighted by Crippen LogP contribution is -2.45. The molecule has 0 aliphatic carbocycles. The Labute approximate surface area is 89.1 Å². The molecule has 80 valence electrons. The third-order valence-electron chi connectivity index (χ3n) is 2.61. The van der Waals surface area contributed by atoms with Crippen molar-refractivity contribution in [3.05, 3.63) is 0 Å². The minimum Gasteiger partial charge on any atom is -0.351 e. The second-order valence-electron chi connectivity index (χ2n) is 4.81. The smallest absolute Gasteiger partial charge is 0.0875 e. The van der Waals surface area contributed by atoms with E-state index in [0.717, 1.165) is 0 Å². The molecule has 0 aliphatic rings. The molecule has 0 atom stereocenters. The number of hydrogen-bond acceptors (Lipinski definition) is 1. The van der Waals surface area contributed by atoms with Crippen molar-refractivity contribution >= 4 is 19.4 Å². The molecule has 0 aromatic carbocycles. The first-order valence-corrected chi connectivity index (χ1v) is 9.45. The highest BCUT2D eigenvalue weighted by molar-refractivity contribution is 6.49. The van der Waals surface area contributed by atoms with E-state index in [-0.39, 0.29) is 19.4 Å². The van der Waals surface area contributed by atoms with Crippen LogP contribution < -0.4 is 0 Å². The van der Waals surface area contributed by atoms with Crippen LogP contribution in [0, 0.1) is 0 Å². The molecule has 1 nitrogen and oxygen atoms in total. The van der Waals surface area contributed by atoms with Crippen LogP contribution in [0.15, 0.2) is 0 Å². The van der Waals surface area contributed by atoms with Crippen LogP contribution in [0.3, 0.4) is 0 Å². The first-order chi connectivity index (χ1) is 6.02. The van der Waals surface area contributed by atoms with Gasteiger partial charge in [-0.2, -0.15) is 0 Å². The van der Waals surface area contributed by atoms with Gasteiger partial charge in [-0.1, -0.05) is 38.8 Å². The Morgan fingerprint density at radius 2 is 1.77 bits per heavy atom. The van der Waals surface area contributed by atoms with Crippen molar-refractivity contribution in [2.24, 2.45) is 0 Å². The van der Waals surface area contributed by atoms with E-state index in [1.165, 1.54) is 25.3 Å². The standard InChI is InChI=1S/C10H27NSi2/c1-6-7-8-9-13-11(12-5)10(2,3)4/h6-9,12-13H2,1-5H3. The maximum Gasteiger partial charge on any atom is 0.0875 e. The summed E-state index contributed by atoms with van der Waals surface area (Å²) in [5, 5.41) is 0. The van der Waals surface area contributed by atoms with Crippen molar-refractivity contribution < 1.29 is 0 Å². The van der Waals surface area contributed by atoms with E-state index in [1.54, 1.807) is 0 Å². The van der Waals surface area contributed by atoms with Gasteiger partial charge in [0.2, 0.25) is 0 Å². The zero-order chi connectivity index (χ0) is 10.3. The number of rotatable bonds is 6. The van der Waals surface area contributed by atoms with Crippen LogP contribution in [0.25, 0.3) is 0 Å². The molecule has 0 N–H and O–H groups in total. The first kappa shape index (κ1) is 13.4. The topological polar surface area (TPSA) is 3.24 Å². The number of nitrogens with zero attached hydrogens (tertiary/aromatic N) is 1. The average molecular weight is 218 g/mol. The maximum absolute atomic E-state index is 2.84. The van der Waals surface area contributed by atoms with Crippen LogP contribution in [-0.2, 0) is 0 Å². The summed E-state index contributed by atoms with van der Waals surface area (Å²) in [6.07, 6.45) is 4.29. The maximum atomic E-state index is 2.84. The summed E-state index contributed by atoms with van der Waals surface area (Å²) >= 11 is 0. The van der Waals surface area contributed by atoms with E-state index in [1.807, 2.05) is 0 Å². The largest absolute Gasteiger partial charge is 0.351 e. The fraction of sp³-hybridized carbons (Fsp3) is 1.00. The lowest BCUT2D eigenvalue weighted by Gasteiger charge is -2.35. The van der Waals surface area contributed by atoms with E-state index in [4.69, 9.17) is 0 Å².